The third-order valence-corrected chi connectivity index (χ3v) is 6.72. The van der Waals surface area contributed by atoms with Gasteiger partial charge in [-0.25, -0.2) is 4.79 Å². The number of H-pyrrole nitrogens is 1. The second-order valence-electron chi connectivity index (χ2n) is 9.50. The average Bonchev–Trinajstić information content (AvgIpc) is 3.56. The molecular weight excluding hydrogens is 484 g/mol. The smallest absolute Gasteiger partial charge is 0.340 e. The van der Waals surface area contributed by atoms with Gasteiger partial charge < -0.3 is 23.9 Å². The van der Waals surface area contributed by atoms with Gasteiger partial charge >= 0.3 is 5.97 Å². The number of esters is 1. The molecule has 2 aromatic carbocycles. The molecule has 38 heavy (non-hydrogen) atoms. The number of fused-ring (bicyclic) bond motifs is 2. The monoisotopic (exact) mass is 514 g/mol. The van der Waals surface area contributed by atoms with E-state index in [1.165, 1.54) is 7.11 Å². The van der Waals surface area contributed by atoms with Gasteiger partial charge in [0.2, 0.25) is 0 Å². The number of benzene rings is 2. The number of hydrogen-bond donors (Lipinski definition) is 2. The van der Waals surface area contributed by atoms with Crippen LogP contribution in [0.15, 0.2) is 54.9 Å². The van der Waals surface area contributed by atoms with Crippen molar-refractivity contribution in [3.05, 3.63) is 71.5 Å². The van der Waals surface area contributed by atoms with E-state index >= 15 is 0 Å². The van der Waals surface area contributed by atoms with Crippen molar-refractivity contribution < 1.29 is 23.9 Å². The van der Waals surface area contributed by atoms with Gasteiger partial charge in [-0.05, 0) is 39.2 Å². The highest BCUT2D eigenvalue weighted by Gasteiger charge is 2.35. The lowest BCUT2D eigenvalue weighted by Crippen LogP contribution is -2.22. The summed E-state index contributed by atoms with van der Waals surface area (Å²) in [6.07, 6.45) is 4.56. The summed E-state index contributed by atoms with van der Waals surface area (Å²) >= 11 is 0. The van der Waals surface area contributed by atoms with Gasteiger partial charge in [0.15, 0.2) is 0 Å². The minimum absolute atomic E-state index is 0.129. The SMILES string of the molecule is COCCOC(=O)c1cccc2c(C3=C(c4cn(CCCN(C)C)c5ccccc45)C(=O)NC3=O)c[nH]c12. The molecule has 196 valence electrons. The van der Waals surface area contributed by atoms with Crippen LogP contribution in [0.3, 0.4) is 0 Å². The number of carbonyl (C=O) groups excluding carboxylic acids is 3. The Hall–Kier alpha value is -4.21. The molecule has 2 amide bonds. The Labute approximate surface area is 220 Å². The first-order valence-corrected chi connectivity index (χ1v) is 12.5. The molecule has 0 saturated carbocycles. The maximum absolute atomic E-state index is 13.2. The Kier molecular flexibility index (Phi) is 7.13. The van der Waals surface area contributed by atoms with E-state index in [-0.39, 0.29) is 12.2 Å². The summed E-state index contributed by atoms with van der Waals surface area (Å²) in [5, 5.41) is 4.04. The first-order chi connectivity index (χ1) is 18.4. The van der Waals surface area contributed by atoms with Crippen molar-refractivity contribution in [2.45, 2.75) is 13.0 Å². The van der Waals surface area contributed by atoms with Crippen molar-refractivity contribution in [3.63, 3.8) is 0 Å². The number of ether oxygens (including phenoxy) is 2. The number of rotatable bonds is 10. The van der Waals surface area contributed by atoms with E-state index in [0.717, 1.165) is 30.4 Å². The van der Waals surface area contributed by atoms with E-state index < -0.39 is 17.8 Å². The number of nitrogens with one attached hydrogen (secondary N) is 2. The number of carbonyl (C=O) groups is 3. The predicted octanol–water partition coefficient (Wildman–Crippen LogP) is 3.44. The molecule has 2 aromatic heterocycles. The van der Waals surface area contributed by atoms with Crippen molar-refractivity contribution in [1.82, 2.24) is 19.8 Å². The van der Waals surface area contributed by atoms with Gasteiger partial charge in [0.1, 0.15) is 6.61 Å². The number of aromatic amines is 1. The summed E-state index contributed by atoms with van der Waals surface area (Å²) in [6, 6.07) is 13.1. The Morgan fingerprint density at radius 3 is 2.45 bits per heavy atom. The number of amides is 2. The minimum Gasteiger partial charge on any atom is -0.460 e. The van der Waals surface area contributed by atoms with Crippen LogP contribution in [-0.2, 0) is 25.6 Å². The molecule has 0 fully saturated rings. The zero-order valence-electron chi connectivity index (χ0n) is 21.7. The molecule has 0 unspecified atom stereocenters. The highest BCUT2D eigenvalue weighted by molar-refractivity contribution is 6.50. The standard InChI is InChI=1S/C29H30N4O5/c1-32(2)12-7-13-33-17-22(18-8-4-5-11-23(18)33)25-24(27(34)31-28(25)35)21-16-30-26-19(21)9-6-10-20(26)29(36)38-15-14-37-3/h4-6,8-11,16-17,30H,7,12-15H2,1-3H3,(H,31,34,35). The summed E-state index contributed by atoms with van der Waals surface area (Å²) < 4.78 is 12.4. The number of aromatic nitrogens is 2. The van der Waals surface area contributed by atoms with Gasteiger partial charge in [0, 0.05) is 53.5 Å². The highest BCUT2D eigenvalue weighted by atomic mass is 16.6. The number of nitrogens with zero attached hydrogens (tertiary/aromatic N) is 2. The van der Waals surface area contributed by atoms with Crippen LogP contribution in [0, 0.1) is 0 Å². The van der Waals surface area contributed by atoms with Crippen LogP contribution < -0.4 is 5.32 Å². The topological polar surface area (TPSA) is 106 Å². The fourth-order valence-electron chi connectivity index (χ4n) is 4.98. The number of aryl methyl sites for hydroxylation is 1. The molecule has 9 nitrogen and oxygen atoms in total. The van der Waals surface area contributed by atoms with Crippen LogP contribution in [0.5, 0.6) is 0 Å². The quantitative estimate of drug-likeness (QED) is 0.191. The average molecular weight is 515 g/mol. The molecule has 3 heterocycles. The molecule has 4 aromatic rings. The van der Waals surface area contributed by atoms with Crippen molar-refractivity contribution in [1.29, 1.82) is 0 Å². The maximum Gasteiger partial charge on any atom is 0.340 e. The first-order valence-electron chi connectivity index (χ1n) is 12.5. The largest absolute Gasteiger partial charge is 0.460 e. The summed E-state index contributed by atoms with van der Waals surface area (Å²) in [7, 11) is 5.61. The second kappa shape index (κ2) is 10.6. The second-order valence-corrected chi connectivity index (χ2v) is 9.50. The fraction of sp³-hybridized carbons (Fsp3) is 0.276. The Bertz CT molecular complexity index is 1580. The third kappa shape index (κ3) is 4.62. The van der Waals surface area contributed by atoms with Crippen molar-refractivity contribution >= 4 is 50.7 Å². The van der Waals surface area contributed by atoms with Crippen LogP contribution in [0.1, 0.15) is 27.9 Å². The van der Waals surface area contributed by atoms with E-state index in [4.69, 9.17) is 9.47 Å². The molecule has 0 radical (unpaired) electrons. The highest BCUT2D eigenvalue weighted by Crippen LogP contribution is 2.38. The van der Waals surface area contributed by atoms with Crippen molar-refractivity contribution in [2.75, 3.05) is 41.0 Å². The molecule has 1 aliphatic rings. The minimum atomic E-state index is -0.497. The number of methoxy groups -OCH3 is 1. The lowest BCUT2D eigenvalue weighted by molar-refractivity contribution is -0.122. The van der Waals surface area contributed by atoms with Gasteiger partial charge in [-0.3, -0.25) is 14.9 Å². The lowest BCUT2D eigenvalue weighted by atomic mass is 9.95. The van der Waals surface area contributed by atoms with Gasteiger partial charge in [-0.2, -0.15) is 0 Å². The zero-order valence-corrected chi connectivity index (χ0v) is 21.7. The third-order valence-electron chi connectivity index (χ3n) is 6.72. The van der Waals surface area contributed by atoms with E-state index in [0.29, 0.717) is 39.8 Å². The van der Waals surface area contributed by atoms with Crippen LogP contribution >= 0.6 is 0 Å². The Morgan fingerprint density at radius 1 is 0.947 bits per heavy atom. The Balaban J connectivity index is 1.62. The summed E-state index contributed by atoms with van der Waals surface area (Å²) in [4.78, 5) is 44.3. The zero-order chi connectivity index (χ0) is 26.8. The molecule has 5 rings (SSSR count). The first kappa shape index (κ1) is 25.4. The van der Waals surface area contributed by atoms with E-state index in [9.17, 15) is 14.4 Å². The van der Waals surface area contributed by atoms with Crippen molar-refractivity contribution in [2.24, 2.45) is 0 Å². The van der Waals surface area contributed by atoms with Crippen LogP contribution in [0.2, 0.25) is 0 Å². The van der Waals surface area contributed by atoms with Gasteiger partial charge in [0.25, 0.3) is 11.8 Å². The van der Waals surface area contributed by atoms with Gasteiger partial charge in [-0.1, -0.05) is 30.3 Å². The van der Waals surface area contributed by atoms with Crippen LogP contribution in [-0.4, -0.2) is 73.2 Å². The molecule has 0 spiro atoms. The van der Waals surface area contributed by atoms with Gasteiger partial charge in [-0.15, -0.1) is 0 Å². The molecule has 0 aliphatic carbocycles. The molecule has 0 atom stereocenters. The van der Waals surface area contributed by atoms with E-state index in [1.807, 2.05) is 50.6 Å². The number of hydrogen-bond acceptors (Lipinski definition) is 6. The molecule has 0 bridgehead atoms. The molecule has 1 aliphatic heterocycles. The molecular formula is C29H30N4O5. The van der Waals surface area contributed by atoms with Crippen LogP contribution in [0.25, 0.3) is 33.0 Å². The molecule has 0 saturated heterocycles. The lowest BCUT2D eigenvalue weighted by Gasteiger charge is -2.10. The fourth-order valence-corrected chi connectivity index (χ4v) is 4.98. The Morgan fingerprint density at radius 2 is 1.68 bits per heavy atom. The van der Waals surface area contributed by atoms with E-state index in [1.54, 1.807) is 18.3 Å². The van der Waals surface area contributed by atoms with E-state index in [2.05, 4.69) is 19.8 Å². The summed E-state index contributed by atoms with van der Waals surface area (Å²) in [5.41, 5.74) is 3.74. The molecule has 2 N–H and O–H groups in total. The van der Waals surface area contributed by atoms with Crippen LogP contribution in [0.4, 0.5) is 0 Å². The van der Waals surface area contributed by atoms with Crippen molar-refractivity contribution in [3.8, 4) is 0 Å². The summed E-state index contributed by atoms with van der Waals surface area (Å²) in [6.45, 7) is 2.13. The number of para-hydroxylation sites is 2. The van der Waals surface area contributed by atoms with Gasteiger partial charge in [0.05, 0.1) is 28.8 Å². The normalized spacial score (nSPS) is 13.8. The maximum atomic E-state index is 13.2. The molecule has 9 heteroatoms. The number of imide groups is 1. The predicted molar refractivity (Wildman–Crippen MR) is 146 cm³/mol. The summed E-state index contributed by atoms with van der Waals surface area (Å²) in [5.74, 6) is -1.41.